The molecular weight excluding hydrogens is 376 g/mol. The van der Waals surface area contributed by atoms with E-state index in [1.807, 2.05) is 48.0 Å². The molecule has 1 amide bonds. The van der Waals surface area contributed by atoms with Crippen LogP contribution in [0.15, 0.2) is 58.3 Å². The van der Waals surface area contributed by atoms with Crippen molar-refractivity contribution in [3.05, 3.63) is 65.2 Å². The Morgan fingerprint density at radius 2 is 2.14 bits per heavy atom. The van der Waals surface area contributed by atoms with Crippen LogP contribution in [0.3, 0.4) is 0 Å². The SMILES string of the molecule is C[C@@H](NC(=O)CCc1nc(-c2ccsc2)no1)c1ccc(-n2cncn2)cc1. The highest BCUT2D eigenvalue weighted by atomic mass is 32.1. The minimum absolute atomic E-state index is 0.0665. The molecule has 9 heteroatoms. The van der Waals surface area contributed by atoms with E-state index in [-0.39, 0.29) is 18.4 Å². The first kappa shape index (κ1) is 18.1. The fraction of sp³-hybridized carbons (Fsp3) is 0.211. The van der Waals surface area contributed by atoms with Gasteiger partial charge in [-0.05, 0) is 36.1 Å². The number of benzene rings is 1. The number of rotatable bonds is 7. The van der Waals surface area contributed by atoms with Gasteiger partial charge in [0.15, 0.2) is 0 Å². The summed E-state index contributed by atoms with van der Waals surface area (Å²) >= 11 is 1.57. The molecule has 0 bridgehead atoms. The first-order valence-corrected chi connectivity index (χ1v) is 9.73. The van der Waals surface area contributed by atoms with Crippen molar-refractivity contribution in [3.63, 3.8) is 0 Å². The van der Waals surface area contributed by atoms with E-state index >= 15 is 0 Å². The second-order valence-corrected chi connectivity index (χ2v) is 7.02. The smallest absolute Gasteiger partial charge is 0.227 e. The number of nitrogens with zero attached hydrogens (tertiary/aromatic N) is 5. The number of aryl methyl sites for hydroxylation is 1. The van der Waals surface area contributed by atoms with Crippen molar-refractivity contribution in [2.75, 3.05) is 0 Å². The van der Waals surface area contributed by atoms with E-state index in [4.69, 9.17) is 4.52 Å². The van der Waals surface area contributed by atoms with Crippen LogP contribution in [0.1, 0.15) is 30.8 Å². The van der Waals surface area contributed by atoms with Crippen LogP contribution in [0.2, 0.25) is 0 Å². The maximum atomic E-state index is 12.3. The molecule has 0 fully saturated rings. The lowest BCUT2D eigenvalue weighted by Crippen LogP contribution is -2.26. The first-order chi connectivity index (χ1) is 13.7. The average molecular weight is 394 g/mol. The fourth-order valence-corrected chi connectivity index (χ4v) is 3.37. The summed E-state index contributed by atoms with van der Waals surface area (Å²) in [5.74, 6) is 0.946. The van der Waals surface area contributed by atoms with Gasteiger partial charge in [0.1, 0.15) is 12.7 Å². The Kier molecular flexibility index (Phi) is 5.24. The molecule has 0 aliphatic rings. The van der Waals surface area contributed by atoms with E-state index in [0.29, 0.717) is 18.1 Å². The molecule has 0 aliphatic heterocycles. The van der Waals surface area contributed by atoms with E-state index in [2.05, 4.69) is 25.5 Å². The lowest BCUT2D eigenvalue weighted by atomic mass is 10.1. The number of carbonyl (C=O) groups is 1. The lowest BCUT2D eigenvalue weighted by Gasteiger charge is -2.14. The van der Waals surface area contributed by atoms with E-state index in [9.17, 15) is 4.79 Å². The molecule has 0 saturated heterocycles. The fourth-order valence-electron chi connectivity index (χ4n) is 2.74. The molecule has 0 aliphatic carbocycles. The quantitative estimate of drug-likeness (QED) is 0.517. The van der Waals surface area contributed by atoms with E-state index in [1.165, 1.54) is 6.33 Å². The molecule has 142 valence electrons. The second kappa shape index (κ2) is 8.13. The highest BCUT2D eigenvalue weighted by Crippen LogP contribution is 2.19. The molecule has 0 spiro atoms. The molecule has 28 heavy (non-hydrogen) atoms. The number of aromatic nitrogens is 5. The highest BCUT2D eigenvalue weighted by molar-refractivity contribution is 7.08. The Balaban J connectivity index is 1.30. The maximum absolute atomic E-state index is 12.3. The zero-order valence-corrected chi connectivity index (χ0v) is 16.0. The number of hydrogen-bond acceptors (Lipinski definition) is 7. The predicted molar refractivity (Wildman–Crippen MR) is 104 cm³/mol. The molecular formula is C19H18N6O2S. The number of hydrogen-bond donors (Lipinski definition) is 1. The summed E-state index contributed by atoms with van der Waals surface area (Å²) in [4.78, 5) is 20.5. The lowest BCUT2D eigenvalue weighted by molar-refractivity contribution is -0.121. The maximum Gasteiger partial charge on any atom is 0.227 e. The summed E-state index contributed by atoms with van der Waals surface area (Å²) in [6, 6.07) is 9.64. The van der Waals surface area contributed by atoms with Crippen LogP contribution in [0, 0.1) is 0 Å². The van der Waals surface area contributed by atoms with Crippen LogP contribution in [-0.4, -0.2) is 30.8 Å². The third-order valence-corrected chi connectivity index (χ3v) is 4.95. The number of nitrogens with one attached hydrogen (secondary N) is 1. The van der Waals surface area contributed by atoms with Crippen LogP contribution >= 0.6 is 11.3 Å². The first-order valence-electron chi connectivity index (χ1n) is 8.78. The van der Waals surface area contributed by atoms with Gasteiger partial charge in [-0.3, -0.25) is 4.79 Å². The Morgan fingerprint density at radius 1 is 1.29 bits per heavy atom. The van der Waals surface area contributed by atoms with Gasteiger partial charge in [-0.15, -0.1) is 0 Å². The number of amides is 1. The van der Waals surface area contributed by atoms with Crippen LogP contribution in [0.25, 0.3) is 17.1 Å². The van der Waals surface area contributed by atoms with Crippen LogP contribution < -0.4 is 5.32 Å². The van der Waals surface area contributed by atoms with Crippen molar-refractivity contribution in [2.45, 2.75) is 25.8 Å². The summed E-state index contributed by atoms with van der Waals surface area (Å²) in [6.07, 6.45) is 3.82. The van der Waals surface area contributed by atoms with Crippen molar-refractivity contribution < 1.29 is 9.32 Å². The molecule has 4 aromatic rings. The molecule has 1 atom stereocenters. The van der Waals surface area contributed by atoms with E-state index in [1.54, 1.807) is 22.3 Å². The number of thiophene rings is 1. The van der Waals surface area contributed by atoms with Gasteiger partial charge in [-0.1, -0.05) is 17.3 Å². The van der Waals surface area contributed by atoms with E-state index in [0.717, 1.165) is 16.8 Å². The Bertz CT molecular complexity index is 1030. The van der Waals surface area contributed by atoms with Crippen molar-refractivity contribution in [3.8, 4) is 17.1 Å². The topological polar surface area (TPSA) is 98.7 Å². The minimum atomic E-state index is -0.110. The van der Waals surface area contributed by atoms with E-state index < -0.39 is 0 Å². The molecule has 0 unspecified atom stereocenters. The van der Waals surface area contributed by atoms with Gasteiger partial charge in [-0.25, -0.2) is 9.67 Å². The van der Waals surface area contributed by atoms with Gasteiger partial charge in [0, 0.05) is 23.8 Å². The highest BCUT2D eigenvalue weighted by Gasteiger charge is 2.13. The van der Waals surface area contributed by atoms with Crippen molar-refractivity contribution >= 4 is 17.2 Å². The Hall–Kier alpha value is -3.33. The standard InChI is InChI=1S/C19H18N6O2S/c1-13(14-2-4-16(5-3-14)25-12-20-11-21-25)22-17(26)6-7-18-23-19(24-27-18)15-8-9-28-10-15/h2-5,8-13H,6-7H2,1H3,(H,22,26)/t13-/m1/s1. The average Bonchev–Trinajstić information content (AvgIpc) is 3.49. The molecule has 0 radical (unpaired) electrons. The van der Waals surface area contributed by atoms with Crippen molar-refractivity contribution in [2.24, 2.45) is 0 Å². The summed E-state index contributed by atoms with van der Waals surface area (Å²) in [5.41, 5.74) is 2.85. The molecule has 0 saturated carbocycles. The summed E-state index contributed by atoms with van der Waals surface area (Å²) in [7, 11) is 0. The minimum Gasteiger partial charge on any atom is -0.350 e. The van der Waals surface area contributed by atoms with Gasteiger partial charge in [0.25, 0.3) is 0 Å². The van der Waals surface area contributed by atoms with Crippen molar-refractivity contribution in [1.29, 1.82) is 0 Å². The monoisotopic (exact) mass is 394 g/mol. The van der Waals surface area contributed by atoms with Gasteiger partial charge in [-0.2, -0.15) is 21.4 Å². The molecule has 8 nitrogen and oxygen atoms in total. The van der Waals surface area contributed by atoms with Gasteiger partial charge in [0.05, 0.1) is 11.7 Å². The van der Waals surface area contributed by atoms with Crippen LogP contribution in [-0.2, 0) is 11.2 Å². The predicted octanol–water partition coefficient (Wildman–Crippen LogP) is 3.19. The normalized spacial score (nSPS) is 12.0. The van der Waals surface area contributed by atoms with Gasteiger partial charge in [0.2, 0.25) is 17.6 Å². The molecule has 1 aromatic carbocycles. The second-order valence-electron chi connectivity index (χ2n) is 6.24. The van der Waals surface area contributed by atoms with Gasteiger partial charge >= 0.3 is 0 Å². The third-order valence-electron chi connectivity index (χ3n) is 4.27. The summed E-state index contributed by atoms with van der Waals surface area (Å²) in [6.45, 7) is 1.95. The van der Waals surface area contributed by atoms with Crippen LogP contribution in [0.5, 0.6) is 0 Å². The number of carbonyl (C=O) groups excluding carboxylic acids is 1. The third kappa shape index (κ3) is 4.15. The molecule has 3 heterocycles. The van der Waals surface area contributed by atoms with Crippen LogP contribution in [0.4, 0.5) is 0 Å². The van der Waals surface area contributed by atoms with Crippen molar-refractivity contribution in [1.82, 2.24) is 30.2 Å². The zero-order valence-electron chi connectivity index (χ0n) is 15.1. The summed E-state index contributed by atoms with van der Waals surface area (Å²) < 4.78 is 6.91. The Morgan fingerprint density at radius 3 is 2.86 bits per heavy atom. The Labute approximate surface area is 165 Å². The molecule has 1 N–H and O–H groups in total. The summed E-state index contributed by atoms with van der Waals surface area (Å²) in [5, 5.41) is 15.0. The zero-order chi connectivity index (χ0) is 19.3. The molecule has 3 aromatic heterocycles. The van der Waals surface area contributed by atoms with Gasteiger partial charge < -0.3 is 9.84 Å². The molecule has 4 rings (SSSR count). The largest absolute Gasteiger partial charge is 0.350 e.